The van der Waals surface area contributed by atoms with E-state index in [1.165, 1.54) is 18.6 Å². The molecule has 1 aliphatic carbocycles. The standard InChI is InChI=1S/C21H25F3N6O/c22-21(23,24)17-2-1-15(9-25-17)7-14-3-5-20(8-14)11-30(12-20)19(31)29-6-4-16(10-29)18-26-13-27-28-18/h1-2,9,13-14,16H,3-8,10-12H2,(H,26,27,28)/t14?,16-/m0/s1. The van der Waals surface area contributed by atoms with Crippen LogP contribution in [-0.2, 0) is 12.6 Å². The number of pyridine rings is 1. The molecule has 3 aliphatic rings. The van der Waals surface area contributed by atoms with Crippen LogP contribution in [-0.4, -0.2) is 62.2 Å². The van der Waals surface area contributed by atoms with Crippen LogP contribution in [0.3, 0.4) is 0 Å². The number of likely N-dealkylation sites (tertiary alicyclic amines) is 2. The number of carbonyl (C=O) groups excluding carboxylic acids is 1. The van der Waals surface area contributed by atoms with Crippen molar-refractivity contribution >= 4 is 6.03 Å². The van der Waals surface area contributed by atoms with Gasteiger partial charge in [0.1, 0.15) is 17.8 Å². The zero-order valence-electron chi connectivity index (χ0n) is 17.1. The predicted molar refractivity (Wildman–Crippen MR) is 105 cm³/mol. The third-order valence-corrected chi connectivity index (χ3v) is 7.05. The lowest BCUT2D eigenvalue weighted by atomic mass is 9.77. The first kappa shape index (κ1) is 20.3. The molecule has 1 unspecified atom stereocenters. The number of halogens is 3. The highest BCUT2D eigenvalue weighted by Gasteiger charge is 2.50. The van der Waals surface area contributed by atoms with Crippen molar-refractivity contribution in [2.24, 2.45) is 11.3 Å². The highest BCUT2D eigenvalue weighted by molar-refractivity contribution is 5.76. The molecular formula is C21H25F3N6O. The zero-order chi connectivity index (χ0) is 21.6. The van der Waals surface area contributed by atoms with Gasteiger partial charge in [-0.1, -0.05) is 6.07 Å². The maximum absolute atomic E-state index is 12.9. The second-order valence-corrected chi connectivity index (χ2v) is 9.30. The average molecular weight is 434 g/mol. The molecule has 1 spiro atoms. The first-order valence-electron chi connectivity index (χ1n) is 10.7. The number of hydrogen-bond acceptors (Lipinski definition) is 4. The van der Waals surface area contributed by atoms with Crippen LogP contribution in [0.2, 0.25) is 0 Å². The molecule has 7 nitrogen and oxygen atoms in total. The second-order valence-electron chi connectivity index (χ2n) is 9.30. The summed E-state index contributed by atoms with van der Waals surface area (Å²) >= 11 is 0. The van der Waals surface area contributed by atoms with E-state index in [0.717, 1.165) is 69.2 Å². The molecule has 4 heterocycles. The van der Waals surface area contributed by atoms with E-state index < -0.39 is 11.9 Å². The van der Waals surface area contributed by atoms with E-state index in [-0.39, 0.29) is 17.4 Å². The number of urea groups is 1. The van der Waals surface area contributed by atoms with Gasteiger partial charge in [-0.2, -0.15) is 18.3 Å². The molecule has 2 saturated heterocycles. The number of aromatic nitrogens is 4. The summed E-state index contributed by atoms with van der Waals surface area (Å²) in [5, 5.41) is 6.79. The highest BCUT2D eigenvalue weighted by atomic mass is 19.4. The molecule has 2 atom stereocenters. The van der Waals surface area contributed by atoms with Gasteiger partial charge in [0.05, 0.1) is 0 Å². The number of hydrogen-bond donors (Lipinski definition) is 1. The van der Waals surface area contributed by atoms with Gasteiger partial charge in [0.15, 0.2) is 0 Å². The normalized spacial score (nSPS) is 25.3. The van der Waals surface area contributed by atoms with Gasteiger partial charge in [0.25, 0.3) is 0 Å². The molecule has 10 heteroatoms. The van der Waals surface area contributed by atoms with Crippen LogP contribution in [0.15, 0.2) is 24.7 Å². The second kappa shape index (κ2) is 7.49. The number of carbonyl (C=O) groups is 1. The topological polar surface area (TPSA) is 78.0 Å². The number of alkyl halides is 3. The molecule has 5 rings (SSSR count). The number of nitrogens with one attached hydrogen (secondary N) is 1. The van der Waals surface area contributed by atoms with Gasteiger partial charge in [0.2, 0.25) is 0 Å². The van der Waals surface area contributed by atoms with Crippen molar-refractivity contribution in [1.29, 1.82) is 0 Å². The summed E-state index contributed by atoms with van der Waals surface area (Å²) in [7, 11) is 0. The van der Waals surface area contributed by atoms with Crippen LogP contribution < -0.4 is 0 Å². The SMILES string of the molecule is O=C(N1CC[C@H](c2ncn[nH]2)C1)N1CC2(CCC(Cc3ccc(C(F)(F)F)nc3)C2)C1. The van der Waals surface area contributed by atoms with E-state index in [1.54, 1.807) is 0 Å². The van der Waals surface area contributed by atoms with Crippen LogP contribution in [0.25, 0.3) is 0 Å². The Balaban J connectivity index is 1.11. The van der Waals surface area contributed by atoms with Gasteiger partial charge < -0.3 is 9.80 Å². The van der Waals surface area contributed by atoms with E-state index in [0.29, 0.717) is 12.5 Å². The molecule has 2 aromatic heterocycles. The summed E-state index contributed by atoms with van der Waals surface area (Å²) in [6, 6.07) is 2.70. The Bertz CT molecular complexity index is 924. The summed E-state index contributed by atoms with van der Waals surface area (Å²) in [4.78, 5) is 24.5. The summed E-state index contributed by atoms with van der Waals surface area (Å²) in [6.07, 6.45) is 3.20. The maximum Gasteiger partial charge on any atom is 0.433 e. The fourth-order valence-electron chi connectivity index (χ4n) is 5.50. The molecule has 1 saturated carbocycles. The number of aromatic amines is 1. The minimum absolute atomic E-state index is 0.100. The number of H-pyrrole nitrogens is 1. The highest BCUT2D eigenvalue weighted by Crippen LogP contribution is 2.49. The first-order valence-corrected chi connectivity index (χ1v) is 10.7. The molecular weight excluding hydrogens is 409 g/mol. The molecule has 0 radical (unpaired) electrons. The molecule has 31 heavy (non-hydrogen) atoms. The van der Waals surface area contributed by atoms with Gasteiger partial charge in [-0.25, -0.2) is 9.78 Å². The van der Waals surface area contributed by atoms with Crippen molar-refractivity contribution in [3.8, 4) is 0 Å². The molecule has 2 amide bonds. The lowest BCUT2D eigenvalue weighted by molar-refractivity contribution is -0.141. The Hall–Kier alpha value is -2.65. The van der Waals surface area contributed by atoms with E-state index in [1.807, 2.05) is 9.80 Å². The number of rotatable bonds is 3. The van der Waals surface area contributed by atoms with Gasteiger partial charge in [-0.05, 0) is 49.7 Å². The Morgan fingerprint density at radius 2 is 2.03 bits per heavy atom. The maximum atomic E-state index is 12.9. The van der Waals surface area contributed by atoms with Gasteiger partial charge >= 0.3 is 12.2 Å². The molecule has 0 bridgehead atoms. The van der Waals surface area contributed by atoms with Crippen molar-refractivity contribution in [2.45, 2.75) is 44.2 Å². The Labute approximate surface area is 178 Å². The molecule has 3 fully saturated rings. The zero-order valence-corrected chi connectivity index (χ0v) is 17.1. The minimum Gasteiger partial charge on any atom is -0.324 e. The first-order chi connectivity index (χ1) is 14.8. The largest absolute Gasteiger partial charge is 0.433 e. The van der Waals surface area contributed by atoms with Crippen LogP contribution >= 0.6 is 0 Å². The summed E-state index contributed by atoms with van der Waals surface area (Å²) in [5.74, 6) is 1.49. The van der Waals surface area contributed by atoms with Gasteiger partial charge in [0, 0.05) is 43.7 Å². The molecule has 0 aromatic carbocycles. The van der Waals surface area contributed by atoms with Gasteiger partial charge in [-0.3, -0.25) is 10.1 Å². The van der Waals surface area contributed by atoms with E-state index in [9.17, 15) is 18.0 Å². The van der Waals surface area contributed by atoms with Crippen molar-refractivity contribution in [3.05, 3.63) is 41.7 Å². The predicted octanol–water partition coefficient (Wildman–Crippen LogP) is 3.47. The Morgan fingerprint density at radius 3 is 2.71 bits per heavy atom. The lowest BCUT2D eigenvalue weighted by Gasteiger charge is -2.49. The Kier molecular flexibility index (Phi) is 4.90. The molecule has 2 aromatic rings. The van der Waals surface area contributed by atoms with E-state index in [2.05, 4.69) is 20.2 Å². The molecule has 2 aliphatic heterocycles. The third-order valence-electron chi connectivity index (χ3n) is 7.05. The molecule has 1 N–H and O–H groups in total. The summed E-state index contributed by atoms with van der Waals surface area (Å²) in [5.41, 5.74) is 0.168. The van der Waals surface area contributed by atoms with Gasteiger partial charge in [-0.15, -0.1) is 0 Å². The van der Waals surface area contributed by atoms with Crippen molar-refractivity contribution in [2.75, 3.05) is 26.2 Å². The lowest BCUT2D eigenvalue weighted by Crippen LogP contribution is -2.60. The third kappa shape index (κ3) is 3.99. The van der Waals surface area contributed by atoms with Crippen LogP contribution in [0.1, 0.15) is 48.7 Å². The Morgan fingerprint density at radius 1 is 1.19 bits per heavy atom. The monoisotopic (exact) mass is 434 g/mol. The van der Waals surface area contributed by atoms with E-state index in [4.69, 9.17) is 0 Å². The fourth-order valence-corrected chi connectivity index (χ4v) is 5.50. The smallest absolute Gasteiger partial charge is 0.324 e. The van der Waals surface area contributed by atoms with Crippen LogP contribution in [0.5, 0.6) is 0 Å². The van der Waals surface area contributed by atoms with Crippen molar-refractivity contribution in [3.63, 3.8) is 0 Å². The quantitative estimate of drug-likeness (QED) is 0.803. The van der Waals surface area contributed by atoms with Crippen LogP contribution in [0, 0.1) is 11.3 Å². The molecule has 166 valence electrons. The van der Waals surface area contributed by atoms with E-state index >= 15 is 0 Å². The van der Waals surface area contributed by atoms with Crippen LogP contribution in [0.4, 0.5) is 18.0 Å². The fraction of sp³-hybridized carbons (Fsp3) is 0.619. The van der Waals surface area contributed by atoms with Crippen molar-refractivity contribution < 1.29 is 18.0 Å². The summed E-state index contributed by atoms with van der Waals surface area (Å²) in [6.45, 7) is 2.95. The summed E-state index contributed by atoms with van der Waals surface area (Å²) < 4.78 is 38.0. The number of nitrogens with zero attached hydrogens (tertiary/aromatic N) is 5. The average Bonchev–Trinajstić information content (AvgIpc) is 3.45. The van der Waals surface area contributed by atoms with Crippen molar-refractivity contribution in [1.82, 2.24) is 30.0 Å². The minimum atomic E-state index is -4.40. The number of amides is 2.